The van der Waals surface area contributed by atoms with E-state index in [1.165, 1.54) is 51.6 Å². The molecule has 0 aromatic rings. The van der Waals surface area contributed by atoms with Crippen LogP contribution in [0.25, 0.3) is 0 Å². The van der Waals surface area contributed by atoms with Gasteiger partial charge in [0.05, 0.1) is 0 Å². The number of ether oxygens (including phenoxy) is 1. The highest BCUT2D eigenvalue weighted by Crippen LogP contribution is 2.29. The lowest BCUT2D eigenvalue weighted by Crippen LogP contribution is -2.49. The summed E-state index contributed by atoms with van der Waals surface area (Å²) < 4.78 is 5.48. The molecule has 150 valence electrons. The van der Waals surface area contributed by atoms with Crippen molar-refractivity contribution in [3.63, 3.8) is 0 Å². The number of carbonyl (C=O) groups excluding carboxylic acids is 1. The number of esters is 1. The first-order valence-corrected chi connectivity index (χ1v) is 10.2. The van der Waals surface area contributed by atoms with Crippen molar-refractivity contribution in [3.05, 3.63) is 0 Å². The van der Waals surface area contributed by atoms with Gasteiger partial charge in [0.2, 0.25) is 0 Å². The molecule has 2 saturated carbocycles. The Morgan fingerprint density at radius 2 is 1.81 bits per heavy atom. The molecular formula is C19H35IN4O2. The summed E-state index contributed by atoms with van der Waals surface area (Å²) in [5.41, 5.74) is 0. The SMILES string of the molecule is CN=C(NCCCC(=O)OC1CCCC1)NC1CCN(C2CC2)CC1.I. The summed E-state index contributed by atoms with van der Waals surface area (Å²) in [6.07, 6.45) is 11.1. The van der Waals surface area contributed by atoms with E-state index in [0.29, 0.717) is 12.5 Å². The third-order valence-electron chi connectivity index (χ3n) is 5.61. The molecule has 0 spiro atoms. The molecule has 26 heavy (non-hydrogen) atoms. The molecule has 2 N–H and O–H groups in total. The van der Waals surface area contributed by atoms with Gasteiger partial charge in [0.25, 0.3) is 0 Å². The largest absolute Gasteiger partial charge is 0.462 e. The third kappa shape index (κ3) is 7.21. The summed E-state index contributed by atoms with van der Waals surface area (Å²) in [6, 6.07) is 1.39. The highest BCUT2D eigenvalue weighted by molar-refractivity contribution is 14.0. The van der Waals surface area contributed by atoms with E-state index >= 15 is 0 Å². The van der Waals surface area contributed by atoms with Crippen LogP contribution in [-0.4, -0.2) is 61.7 Å². The fourth-order valence-electron chi connectivity index (χ4n) is 3.93. The predicted molar refractivity (Wildman–Crippen MR) is 115 cm³/mol. The van der Waals surface area contributed by atoms with Crippen molar-refractivity contribution >= 4 is 35.9 Å². The van der Waals surface area contributed by atoms with E-state index in [1.54, 1.807) is 0 Å². The fourth-order valence-corrected chi connectivity index (χ4v) is 3.93. The van der Waals surface area contributed by atoms with Crippen molar-refractivity contribution in [2.45, 2.75) is 82.4 Å². The van der Waals surface area contributed by atoms with Crippen LogP contribution in [-0.2, 0) is 9.53 Å². The minimum atomic E-state index is -0.0518. The minimum Gasteiger partial charge on any atom is -0.462 e. The van der Waals surface area contributed by atoms with E-state index in [4.69, 9.17) is 4.74 Å². The van der Waals surface area contributed by atoms with Crippen molar-refractivity contribution in [1.82, 2.24) is 15.5 Å². The fraction of sp³-hybridized carbons (Fsp3) is 0.895. The highest BCUT2D eigenvalue weighted by Gasteiger charge is 2.31. The number of nitrogens with zero attached hydrogens (tertiary/aromatic N) is 2. The number of nitrogens with one attached hydrogen (secondary N) is 2. The summed E-state index contributed by atoms with van der Waals surface area (Å²) in [6.45, 7) is 3.15. The number of rotatable bonds is 7. The smallest absolute Gasteiger partial charge is 0.306 e. The van der Waals surface area contributed by atoms with Gasteiger partial charge in [-0.1, -0.05) is 0 Å². The lowest BCUT2D eigenvalue weighted by molar-refractivity contribution is -0.148. The summed E-state index contributed by atoms with van der Waals surface area (Å²) in [5, 5.41) is 6.86. The summed E-state index contributed by atoms with van der Waals surface area (Å²) in [7, 11) is 1.81. The number of hydrogen-bond donors (Lipinski definition) is 2. The molecule has 1 heterocycles. The van der Waals surface area contributed by atoms with Gasteiger partial charge < -0.3 is 20.3 Å². The molecule has 0 atom stereocenters. The molecule has 1 aliphatic heterocycles. The van der Waals surface area contributed by atoms with Gasteiger partial charge in [0, 0.05) is 45.2 Å². The molecule has 0 aromatic heterocycles. The van der Waals surface area contributed by atoms with Crippen LogP contribution in [0.5, 0.6) is 0 Å². The van der Waals surface area contributed by atoms with Crippen molar-refractivity contribution in [2.24, 2.45) is 4.99 Å². The second-order valence-corrected chi connectivity index (χ2v) is 7.68. The molecule has 6 nitrogen and oxygen atoms in total. The molecule has 3 aliphatic rings. The van der Waals surface area contributed by atoms with Crippen molar-refractivity contribution in [3.8, 4) is 0 Å². The quantitative estimate of drug-likeness (QED) is 0.194. The number of hydrogen-bond acceptors (Lipinski definition) is 4. The first-order chi connectivity index (χ1) is 12.2. The summed E-state index contributed by atoms with van der Waals surface area (Å²) in [4.78, 5) is 18.8. The zero-order chi connectivity index (χ0) is 17.5. The monoisotopic (exact) mass is 478 g/mol. The molecule has 1 saturated heterocycles. The Morgan fingerprint density at radius 1 is 1.12 bits per heavy atom. The van der Waals surface area contributed by atoms with Crippen LogP contribution < -0.4 is 10.6 Å². The predicted octanol–water partition coefficient (Wildman–Crippen LogP) is 2.66. The van der Waals surface area contributed by atoms with Gasteiger partial charge in [-0.15, -0.1) is 24.0 Å². The molecule has 7 heteroatoms. The summed E-state index contributed by atoms with van der Waals surface area (Å²) >= 11 is 0. The van der Waals surface area contributed by atoms with Gasteiger partial charge in [-0.25, -0.2) is 0 Å². The molecule has 2 aliphatic carbocycles. The number of likely N-dealkylation sites (tertiary alicyclic amines) is 1. The Bertz CT molecular complexity index is 456. The first kappa shape index (κ1) is 21.7. The Balaban J connectivity index is 0.00000243. The van der Waals surface area contributed by atoms with E-state index in [9.17, 15) is 4.79 Å². The van der Waals surface area contributed by atoms with Crippen LogP contribution in [0.4, 0.5) is 0 Å². The van der Waals surface area contributed by atoms with Crippen molar-refractivity contribution in [1.29, 1.82) is 0 Å². The van der Waals surface area contributed by atoms with E-state index in [-0.39, 0.29) is 36.0 Å². The Kier molecular flexibility index (Phi) is 9.45. The number of aliphatic imine (C=N–C) groups is 1. The molecule has 0 aromatic carbocycles. The second-order valence-electron chi connectivity index (χ2n) is 7.68. The molecule has 3 fully saturated rings. The number of guanidine groups is 1. The van der Waals surface area contributed by atoms with Gasteiger partial charge in [0.15, 0.2) is 5.96 Å². The topological polar surface area (TPSA) is 66.0 Å². The zero-order valence-corrected chi connectivity index (χ0v) is 18.4. The molecule has 0 amide bonds. The number of halogens is 1. The van der Waals surface area contributed by atoms with E-state index in [0.717, 1.165) is 37.8 Å². The maximum atomic E-state index is 11.8. The first-order valence-electron chi connectivity index (χ1n) is 10.2. The lowest BCUT2D eigenvalue weighted by atomic mass is 10.1. The average molecular weight is 478 g/mol. The molecule has 0 bridgehead atoms. The van der Waals surface area contributed by atoms with Crippen LogP contribution in [0, 0.1) is 0 Å². The number of carbonyl (C=O) groups is 1. The van der Waals surface area contributed by atoms with Gasteiger partial charge >= 0.3 is 5.97 Å². The Morgan fingerprint density at radius 3 is 2.42 bits per heavy atom. The third-order valence-corrected chi connectivity index (χ3v) is 5.61. The molecule has 0 radical (unpaired) electrons. The molecular weight excluding hydrogens is 443 g/mol. The lowest BCUT2D eigenvalue weighted by Gasteiger charge is -2.33. The average Bonchev–Trinajstić information content (AvgIpc) is 3.36. The van der Waals surface area contributed by atoms with Crippen LogP contribution in [0.15, 0.2) is 4.99 Å². The van der Waals surface area contributed by atoms with Crippen LogP contribution in [0.1, 0.15) is 64.2 Å². The maximum absolute atomic E-state index is 11.8. The summed E-state index contributed by atoms with van der Waals surface area (Å²) in [5.74, 6) is 0.804. The van der Waals surface area contributed by atoms with Gasteiger partial charge in [-0.3, -0.25) is 9.79 Å². The zero-order valence-electron chi connectivity index (χ0n) is 16.0. The molecule has 0 unspecified atom stereocenters. The van der Waals surface area contributed by atoms with Crippen LogP contribution >= 0.6 is 24.0 Å². The van der Waals surface area contributed by atoms with Crippen LogP contribution in [0.3, 0.4) is 0 Å². The van der Waals surface area contributed by atoms with E-state index in [1.807, 2.05) is 7.05 Å². The van der Waals surface area contributed by atoms with Crippen LogP contribution in [0.2, 0.25) is 0 Å². The normalized spacial score (nSPS) is 22.7. The minimum absolute atomic E-state index is 0. The van der Waals surface area contributed by atoms with E-state index in [2.05, 4.69) is 20.5 Å². The Labute approximate surface area is 174 Å². The van der Waals surface area contributed by atoms with Crippen molar-refractivity contribution < 1.29 is 9.53 Å². The highest BCUT2D eigenvalue weighted by atomic mass is 127. The standard InChI is InChI=1S/C19H34N4O2.HI/c1-20-19(22-15-10-13-23(14-11-15)16-8-9-16)21-12-4-7-18(24)25-17-5-2-3-6-17;/h15-17H,2-14H2,1H3,(H2,20,21,22);1H. The van der Waals surface area contributed by atoms with Gasteiger partial charge in [-0.2, -0.15) is 0 Å². The number of piperidine rings is 1. The molecule has 3 rings (SSSR count). The Hall–Kier alpha value is -0.570. The van der Waals surface area contributed by atoms with Gasteiger partial charge in [-0.05, 0) is 57.8 Å². The van der Waals surface area contributed by atoms with E-state index < -0.39 is 0 Å². The van der Waals surface area contributed by atoms with Gasteiger partial charge in [0.1, 0.15) is 6.10 Å². The second kappa shape index (κ2) is 11.3. The van der Waals surface area contributed by atoms with Crippen molar-refractivity contribution in [2.75, 3.05) is 26.7 Å². The maximum Gasteiger partial charge on any atom is 0.306 e.